The number of rotatable bonds is 7. The Hall–Kier alpha value is -0.520. The lowest BCUT2D eigenvalue weighted by atomic mass is 10.4. The van der Waals surface area contributed by atoms with Crippen LogP contribution in [0.2, 0.25) is 0 Å². The number of hydrogen-bond donors (Lipinski definition) is 0. The second kappa shape index (κ2) is 6.42. The first-order chi connectivity index (χ1) is 7.95. The summed E-state index contributed by atoms with van der Waals surface area (Å²) in [7, 11) is -1.64. The van der Waals surface area contributed by atoms with Gasteiger partial charge in [0, 0.05) is 12.9 Å². The molecule has 4 nitrogen and oxygen atoms in total. The fraction of sp³-hybridized carbons (Fsp3) is 0.636. The molecule has 0 unspecified atom stereocenters. The van der Waals surface area contributed by atoms with Crippen LogP contribution in [0.25, 0.3) is 0 Å². The molecule has 1 rings (SSSR count). The molecule has 0 atom stereocenters. The maximum absolute atomic E-state index is 11.9. The van der Waals surface area contributed by atoms with Gasteiger partial charge < -0.3 is 4.42 Å². The molecule has 0 saturated carbocycles. The minimum Gasteiger partial charge on any atom is -0.465 e. The maximum atomic E-state index is 11.9. The van der Waals surface area contributed by atoms with E-state index in [1.54, 1.807) is 13.1 Å². The van der Waals surface area contributed by atoms with E-state index in [0.717, 1.165) is 5.76 Å². The normalized spacial score (nSPS) is 12.2. The van der Waals surface area contributed by atoms with E-state index in [9.17, 15) is 8.42 Å². The predicted octanol–water partition coefficient (Wildman–Crippen LogP) is 2.37. The van der Waals surface area contributed by atoms with Crippen LogP contribution in [0.1, 0.15) is 24.4 Å². The summed E-state index contributed by atoms with van der Waals surface area (Å²) < 4.78 is 30.4. The molecule has 98 valence electrons. The third kappa shape index (κ3) is 4.69. The van der Waals surface area contributed by atoms with E-state index in [0.29, 0.717) is 24.5 Å². The minimum atomic E-state index is -3.21. The van der Waals surface area contributed by atoms with Gasteiger partial charge >= 0.3 is 0 Å². The summed E-state index contributed by atoms with van der Waals surface area (Å²) in [6.45, 7) is 2.11. The van der Waals surface area contributed by atoms with E-state index in [2.05, 4.69) is 0 Å². The molecular weight excluding hydrogens is 262 g/mol. The average Bonchev–Trinajstić information content (AvgIpc) is 2.64. The molecule has 17 heavy (non-hydrogen) atoms. The zero-order valence-electron chi connectivity index (χ0n) is 10.1. The van der Waals surface area contributed by atoms with Gasteiger partial charge in [-0.2, -0.15) is 4.31 Å². The van der Waals surface area contributed by atoms with Crippen LogP contribution in [0.15, 0.2) is 16.5 Å². The van der Waals surface area contributed by atoms with E-state index in [-0.39, 0.29) is 12.3 Å². The Bertz CT molecular complexity index is 441. The van der Waals surface area contributed by atoms with E-state index in [1.807, 2.05) is 13.0 Å². The van der Waals surface area contributed by atoms with Crippen LogP contribution in [-0.4, -0.2) is 31.4 Å². The van der Waals surface area contributed by atoms with E-state index in [4.69, 9.17) is 16.0 Å². The minimum absolute atomic E-state index is 0.135. The Labute approximate surface area is 108 Å². The zero-order chi connectivity index (χ0) is 12.9. The summed E-state index contributed by atoms with van der Waals surface area (Å²) in [5.74, 6) is 2.07. The summed E-state index contributed by atoms with van der Waals surface area (Å²) in [6.07, 6.45) is 1.31. The number of hydrogen-bond acceptors (Lipinski definition) is 3. The van der Waals surface area contributed by atoms with Crippen LogP contribution >= 0.6 is 11.6 Å². The van der Waals surface area contributed by atoms with Crippen LogP contribution in [0.5, 0.6) is 0 Å². The van der Waals surface area contributed by atoms with Gasteiger partial charge in [0.05, 0.1) is 12.3 Å². The van der Waals surface area contributed by atoms with Crippen molar-refractivity contribution in [1.29, 1.82) is 0 Å². The van der Waals surface area contributed by atoms with Crippen molar-refractivity contribution in [2.24, 2.45) is 0 Å². The molecule has 0 N–H and O–H groups in total. The summed E-state index contributed by atoms with van der Waals surface area (Å²) in [4.78, 5) is 0. The number of unbranched alkanes of at least 4 members (excludes halogenated alkanes) is 1. The first-order valence-corrected chi connectivity index (χ1v) is 7.65. The van der Waals surface area contributed by atoms with Gasteiger partial charge in [-0.15, -0.1) is 11.6 Å². The number of nitrogens with zero attached hydrogens (tertiary/aromatic N) is 1. The molecule has 0 aliphatic heterocycles. The molecule has 0 aliphatic carbocycles. The van der Waals surface area contributed by atoms with Crippen molar-refractivity contribution in [2.75, 3.05) is 18.7 Å². The van der Waals surface area contributed by atoms with Crippen molar-refractivity contribution >= 4 is 21.6 Å². The number of alkyl halides is 1. The van der Waals surface area contributed by atoms with Crippen LogP contribution in [-0.2, 0) is 16.6 Å². The van der Waals surface area contributed by atoms with E-state index < -0.39 is 10.0 Å². The largest absolute Gasteiger partial charge is 0.465 e. The van der Waals surface area contributed by atoms with Gasteiger partial charge in [-0.1, -0.05) is 0 Å². The number of halogens is 1. The molecule has 0 aromatic carbocycles. The molecule has 0 fully saturated rings. The zero-order valence-corrected chi connectivity index (χ0v) is 11.7. The molecule has 1 heterocycles. The summed E-state index contributed by atoms with van der Waals surface area (Å²) >= 11 is 5.52. The highest BCUT2D eigenvalue weighted by Crippen LogP contribution is 2.12. The second-order valence-electron chi connectivity index (χ2n) is 3.98. The SMILES string of the molecule is Cc1ccc(CN(C)S(=O)(=O)CCCCCl)o1. The molecule has 1 aromatic rings. The van der Waals surface area contributed by atoms with E-state index >= 15 is 0 Å². The standard InChI is InChI=1S/C11H18ClNO3S/c1-10-5-6-11(16-10)9-13(2)17(14,15)8-4-3-7-12/h5-6H,3-4,7-9H2,1-2H3. The second-order valence-corrected chi connectivity index (χ2v) is 6.55. The van der Waals surface area contributed by atoms with Crippen molar-refractivity contribution in [3.8, 4) is 0 Å². The van der Waals surface area contributed by atoms with Gasteiger partial charge in [0.2, 0.25) is 10.0 Å². The first kappa shape index (κ1) is 14.5. The molecule has 0 aliphatic rings. The van der Waals surface area contributed by atoms with Gasteiger partial charge in [-0.3, -0.25) is 0 Å². The van der Waals surface area contributed by atoms with Gasteiger partial charge in [0.25, 0.3) is 0 Å². The lowest BCUT2D eigenvalue weighted by molar-refractivity contribution is 0.397. The quantitative estimate of drug-likeness (QED) is 0.569. The highest BCUT2D eigenvalue weighted by molar-refractivity contribution is 7.89. The molecule has 1 aromatic heterocycles. The molecule has 0 radical (unpaired) electrons. The highest BCUT2D eigenvalue weighted by atomic mass is 35.5. The topological polar surface area (TPSA) is 50.5 Å². The lowest BCUT2D eigenvalue weighted by Crippen LogP contribution is -2.28. The van der Waals surface area contributed by atoms with Crippen LogP contribution in [0.4, 0.5) is 0 Å². The number of aryl methyl sites for hydroxylation is 1. The summed E-state index contributed by atoms with van der Waals surface area (Å²) in [5, 5.41) is 0. The first-order valence-electron chi connectivity index (χ1n) is 5.51. The molecule has 6 heteroatoms. The Morgan fingerprint density at radius 1 is 1.35 bits per heavy atom. The highest BCUT2D eigenvalue weighted by Gasteiger charge is 2.18. The number of furan rings is 1. The van der Waals surface area contributed by atoms with Crippen molar-refractivity contribution in [3.05, 3.63) is 23.7 Å². The maximum Gasteiger partial charge on any atom is 0.214 e. The van der Waals surface area contributed by atoms with E-state index in [1.165, 1.54) is 4.31 Å². The summed E-state index contributed by atoms with van der Waals surface area (Å²) in [5.41, 5.74) is 0. The van der Waals surface area contributed by atoms with Crippen molar-refractivity contribution in [1.82, 2.24) is 4.31 Å². The summed E-state index contributed by atoms with van der Waals surface area (Å²) in [6, 6.07) is 3.61. The molecular formula is C11H18ClNO3S. The molecule has 0 saturated heterocycles. The molecule has 0 amide bonds. The van der Waals surface area contributed by atoms with Gasteiger partial charge in [-0.05, 0) is 31.9 Å². The lowest BCUT2D eigenvalue weighted by Gasteiger charge is -2.15. The van der Waals surface area contributed by atoms with Gasteiger partial charge in [0.1, 0.15) is 11.5 Å². The number of sulfonamides is 1. The van der Waals surface area contributed by atoms with Gasteiger partial charge in [-0.25, -0.2) is 8.42 Å². The third-order valence-corrected chi connectivity index (χ3v) is 4.59. The van der Waals surface area contributed by atoms with Gasteiger partial charge in [0.15, 0.2) is 0 Å². The Morgan fingerprint density at radius 2 is 2.06 bits per heavy atom. The van der Waals surface area contributed by atoms with Crippen molar-refractivity contribution in [2.45, 2.75) is 26.3 Å². The van der Waals surface area contributed by atoms with Crippen molar-refractivity contribution < 1.29 is 12.8 Å². The Kier molecular flexibility index (Phi) is 5.49. The van der Waals surface area contributed by atoms with Crippen LogP contribution in [0, 0.1) is 6.92 Å². The Balaban J connectivity index is 2.53. The molecule has 0 bridgehead atoms. The monoisotopic (exact) mass is 279 g/mol. The van der Waals surface area contributed by atoms with Crippen LogP contribution < -0.4 is 0 Å². The van der Waals surface area contributed by atoms with Crippen LogP contribution in [0.3, 0.4) is 0 Å². The average molecular weight is 280 g/mol. The smallest absolute Gasteiger partial charge is 0.214 e. The third-order valence-electron chi connectivity index (χ3n) is 2.44. The van der Waals surface area contributed by atoms with Crippen molar-refractivity contribution in [3.63, 3.8) is 0 Å². The Morgan fingerprint density at radius 3 is 2.59 bits per heavy atom. The fourth-order valence-electron chi connectivity index (χ4n) is 1.42. The fourth-order valence-corrected chi connectivity index (χ4v) is 2.82. The predicted molar refractivity (Wildman–Crippen MR) is 68.7 cm³/mol. The molecule has 0 spiro atoms.